The first-order valence-electron chi connectivity index (χ1n) is 11.1. The second-order valence-corrected chi connectivity index (χ2v) is 10.8. The number of nitrogens with zero attached hydrogens (tertiary/aromatic N) is 1. The molecule has 0 aromatic heterocycles. The summed E-state index contributed by atoms with van der Waals surface area (Å²) in [6.45, 7) is 12.4. The lowest BCUT2D eigenvalue weighted by atomic mass is 10.0. The number of rotatable bonds is 11. The maximum Gasteiger partial charge on any atom is 0.306 e. The molecule has 0 bridgehead atoms. The van der Waals surface area contributed by atoms with Crippen molar-refractivity contribution >= 4 is 29.5 Å². The van der Waals surface area contributed by atoms with E-state index in [2.05, 4.69) is 19.2 Å². The van der Waals surface area contributed by atoms with E-state index in [-0.39, 0.29) is 23.8 Å². The average Bonchev–Trinajstić information content (AvgIpc) is 3.07. The molecule has 174 valence electrons. The number of hydrogen-bond acceptors (Lipinski definition) is 6. The van der Waals surface area contributed by atoms with E-state index in [1.807, 2.05) is 27.7 Å². The molecule has 1 aliphatic rings. The Bertz CT molecular complexity index is 577. The van der Waals surface area contributed by atoms with Gasteiger partial charge in [-0.3, -0.25) is 14.4 Å². The van der Waals surface area contributed by atoms with E-state index in [0.29, 0.717) is 37.5 Å². The summed E-state index contributed by atoms with van der Waals surface area (Å²) in [5, 5.41) is 3.04. The fraction of sp³-hybridized carbons (Fsp3) is 0.864. The van der Waals surface area contributed by atoms with Gasteiger partial charge in [0.1, 0.15) is 11.6 Å². The number of esters is 1. The topological polar surface area (TPSA) is 102 Å². The Morgan fingerprint density at radius 2 is 1.90 bits per heavy atom. The quantitative estimate of drug-likeness (QED) is 0.376. The van der Waals surface area contributed by atoms with Crippen molar-refractivity contribution in [3.63, 3.8) is 0 Å². The van der Waals surface area contributed by atoms with Gasteiger partial charge in [0.2, 0.25) is 11.8 Å². The molecule has 1 rings (SSSR count). The van der Waals surface area contributed by atoms with Crippen molar-refractivity contribution in [1.82, 2.24) is 10.2 Å². The van der Waals surface area contributed by atoms with E-state index in [1.165, 1.54) is 0 Å². The van der Waals surface area contributed by atoms with Crippen LogP contribution in [0.2, 0.25) is 0 Å². The van der Waals surface area contributed by atoms with E-state index < -0.39 is 17.7 Å². The third-order valence-electron chi connectivity index (χ3n) is 4.76. The lowest BCUT2D eigenvalue weighted by Gasteiger charge is -2.28. The zero-order valence-corrected chi connectivity index (χ0v) is 20.3. The highest BCUT2D eigenvalue weighted by Crippen LogP contribution is 2.20. The van der Waals surface area contributed by atoms with Crippen molar-refractivity contribution in [2.75, 3.05) is 18.1 Å². The number of hydrogen-bond donors (Lipinski definition) is 2. The Labute approximate surface area is 186 Å². The number of carbonyl (C=O) groups excluding carboxylic acids is 3. The molecule has 0 saturated carbocycles. The van der Waals surface area contributed by atoms with E-state index in [1.54, 1.807) is 16.7 Å². The van der Waals surface area contributed by atoms with Gasteiger partial charge in [0.05, 0.1) is 6.04 Å². The molecule has 0 aromatic rings. The van der Waals surface area contributed by atoms with Crippen LogP contribution in [0, 0.1) is 5.92 Å². The highest BCUT2D eigenvalue weighted by atomic mass is 32.2. The monoisotopic (exact) mass is 443 g/mol. The number of ether oxygens (including phenoxy) is 1. The predicted molar refractivity (Wildman–Crippen MR) is 122 cm³/mol. The molecule has 1 fully saturated rings. The molecule has 1 heterocycles. The molecule has 1 aliphatic heterocycles. The third kappa shape index (κ3) is 10.2. The minimum Gasteiger partial charge on any atom is -0.460 e. The Kier molecular flexibility index (Phi) is 11.2. The molecule has 7 nitrogen and oxygen atoms in total. The Hall–Kier alpha value is -1.28. The standard InChI is InChI=1S/C22H41N3O4S/c1-15(2)13-16(3)24-20(27)18-9-7-11-25(18)21(28)17(23)14-30-12-8-10-19(26)29-22(4,5)6/h15-18H,7-14,23H2,1-6H3,(H,24,27). The van der Waals surface area contributed by atoms with Crippen molar-refractivity contribution in [2.45, 2.75) is 97.4 Å². The van der Waals surface area contributed by atoms with Gasteiger partial charge < -0.3 is 20.7 Å². The fourth-order valence-electron chi connectivity index (χ4n) is 3.61. The predicted octanol–water partition coefficient (Wildman–Crippen LogP) is 2.71. The highest BCUT2D eigenvalue weighted by molar-refractivity contribution is 7.99. The zero-order valence-electron chi connectivity index (χ0n) is 19.5. The van der Waals surface area contributed by atoms with Crippen molar-refractivity contribution in [3.8, 4) is 0 Å². The van der Waals surface area contributed by atoms with Crippen LogP contribution in [-0.4, -0.2) is 64.5 Å². The van der Waals surface area contributed by atoms with E-state index >= 15 is 0 Å². The molecular formula is C22H41N3O4S. The molecule has 0 aliphatic carbocycles. The van der Waals surface area contributed by atoms with Crippen molar-refractivity contribution < 1.29 is 19.1 Å². The number of amides is 2. The second-order valence-electron chi connectivity index (χ2n) is 9.60. The van der Waals surface area contributed by atoms with Crippen LogP contribution < -0.4 is 11.1 Å². The number of likely N-dealkylation sites (tertiary alicyclic amines) is 1. The summed E-state index contributed by atoms with van der Waals surface area (Å²) in [7, 11) is 0. The summed E-state index contributed by atoms with van der Waals surface area (Å²) >= 11 is 1.55. The van der Waals surface area contributed by atoms with Gasteiger partial charge in [-0.2, -0.15) is 11.8 Å². The maximum absolute atomic E-state index is 12.8. The molecule has 8 heteroatoms. The lowest BCUT2D eigenvalue weighted by molar-refractivity contribution is -0.154. The molecule has 3 atom stereocenters. The van der Waals surface area contributed by atoms with Gasteiger partial charge in [-0.15, -0.1) is 0 Å². The molecule has 1 saturated heterocycles. The summed E-state index contributed by atoms with van der Waals surface area (Å²) < 4.78 is 5.28. The maximum atomic E-state index is 12.8. The first kappa shape index (κ1) is 26.8. The fourth-order valence-corrected chi connectivity index (χ4v) is 4.53. The molecular weight excluding hydrogens is 402 g/mol. The second kappa shape index (κ2) is 12.5. The van der Waals surface area contributed by atoms with Crippen LogP contribution in [0.25, 0.3) is 0 Å². The number of carbonyl (C=O) groups is 3. The average molecular weight is 444 g/mol. The van der Waals surface area contributed by atoms with Gasteiger partial charge in [-0.1, -0.05) is 13.8 Å². The number of nitrogens with one attached hydrogen (secondary N) is 1. The highest BCUT2D eigenvalue weighted by Gasteiger charge is 2.36. The molecule has 3 N–H and O–H groups in total. The minimum atomic E-state index is -0.641. The minimum absolute atomic E-state index is 0.0776. The molecule has 3 unspecified atom stereocenters. The number of thioether (sulfide) groups is 1. The number of nitrogens with two attached hydrogens (primary N) is 1. The summed E-state index contributed by atoms with van der Waals surface area (Å²) in [5.74, 6) is 1.26. The van der Waals surface area contributed by atoms with Crippen LogP contribution in [-0.2, 0) is 19.1 Å². The van der Waals surface area contributed by atoms with Gasteiger partial charge in [0.25, 0.3) is 0 Å². The smallest absolute Gasteiger partial charge is 0.306 e. The van der Waals surface area contributed by atoms with Crippen LogP contribution in [0.3, 0.4) is 0 Å². The SMILES string of the molecule is CC(C)CC(C)NC(=O)C1CCCN1C(=O)C(N)CSCCCC(=O)OC(C)(C)C. The summed E-state index contributed by atoms with van der Waals surface area (Å²) in [6, 6.07) is -0.974. The summed E-state index contributed by atoms with van der Waals surface area (Å²) in [5.41, 5.74) is 5.65. The summed E-state index contributed by atoms with van der Waals surface area (Å²) in [6.07, 6.45) is 3.45. The first-order valence-corrected chi connectivity index (χ1v) is 12.2. The molecule has 2 amide bonds. The van der Waals surface area contributed by atoms with Crippen LogP contribution in [0.5, 0.6) is 0 Å². The molecule has 30 heavy (non-hydrogen) atoms. The van der Waals surface area contributed by atoms with Gasteiger partial charge in [0.15, 0.2) is 0 Å². The molecule has 0 aromatic carbocycles. The van der Waals surface area contributed by atoms with E-state index in [0.717, 1.165) is 18.6 Å². The van der Waals surface area contributed by atoms with Crippen LogP contribution in [0.15, 0.2) is 0 Å². The molecule has 0 radical (unpaired) electrons. The lowest BCUT2D eigenvalue weighted by Crippen LogP contribution is -2.53. The van der Waals surface area contributed by atoms with Gasteiger partial charge >= 0.3 is 5.97 Å². The van der Waals surface area contributed by atoms with Crippen LogP contribution in [0.4, 0.5) is 0 Å². The van der Waals surface area contributed by atoms with Crippen molar-refractivity contribution in [1.29, 1.82) is 0 Å². The zero-order chi connectivity index (χ0) is 22.9. The third-order valence-corrected chi connectivity index (χ3v) is 5.93. The van der Waals surface area contributed by atoms with Gasteiger partial charge in [-0.25, -0.2) is 0 Å². The van der Waals surface area contributed by atoms with Crippen molar-refractivity contribution in [2.24, 2.45) is 11.7 Å². The van der Waals surface area contributed by atoms with Gasteiger partial charge in [0, 0.05) is 24.8 Å². The van der Waals surface area contributed by atoms with E-state index in [4.69, 9.17) is 10.5 Å². The molecule has 0 spiro atoms. The van der Waals surface area contributed by atoms with Crippen LogP contribution in [0.1, 0.15) is 73.6 Å². The normalized spacial score (nSPS) is 18.9. The Morgan fingerprint density at radius 3 is 2.50 bits per heavy atom. The van der Waals surface area contributed by atoms with Gasteiger partial charge in [-0.05, 0) is 65.0 Å². The Morgan fingerprint density at radius 1 is 1.23 bits per heavy atom. The van der Waals surface area contributed by atoms with Crippen molar-refractivity contribution in [3.05, 3.63) is 0 Å². The first-order chi connectivity index (χ1) is 13.9. The van der Waals surface area contributed by atoms with E-state index in [9.17, 15) is 14.4 Å². The Balaban J connectivity index is 2.38. The van der Waals surface area contributed by atoms with Crippen LogP contribution >= 0.6 is 11.8 Å². The largest absolute Gasteiger partial charge is 0.460 e. The summed E-state index contributed by atoms with van der Waals surface area (Å²) in [4.78, 5) is 38.8.